The number of hydroxylamine groups is 2. The van der Waals surface area contributed by atoms with Crippen molar-refractivity contribution in [3.63, 3.8) is 0 Å². The zero-order chi connectivity index (χ0) is 13.1. The third-order valence-electron chi connectivity index (χ3n) is 2.03. The van der Waals surface area contributed by atoms with Crippen LogP contribution in [0.3, 0.4) is 0 Å². The summed E-state index contributed by atoms with van der Waals surface area (Å²) in [6.45, 7) is 0. The van der Waals surface area contributed by atoms with E-state index >= 15 is 0 Å². The lowest BCUT2D eigenvalue weighted by atomic mass is 10.3. The van der Waals surface area contributed by atoms with Gasteiger partial charge >= 0.3 is 13.6 Å². The largest absolute Gasteiger partial charge is 0.333 e. The number of amides is 2. The summed E-state index contributed by atoms with van der Waals surface area (Å²) in [5.74, 6) is -2.03. The minimum Gasteiger partial charge on any atom is -0.330 e. The molecule has 17 heavy (non-hydrogen) atoms. The van der Waals surface area contributed by atoms with Gasteiger partial charge in [0.2, 0.25) is 0 Å². The Labute approximate surface area is 96.7 Å². The van der Waals surface area contributed by atoms with E-state index in [0.717, 1.165) is 0 Å². The van der Waals surface area contributed by atoms with Crippen molar-refractivity contribution in [2.45, 2.75) is 25.7 Å². The molecule has 0 radical (unpaired) electrons. The Bertz CT molecular complexity index is 371. The Hall–Kier alpha value is -1.24. The van der Waals surface area contributed by atoms with E-state index in [1.807, 2.05) is 0 Å². The summed E-state index contributed by atoms with van der Waals surface area (Å²) in [5, 5.41) is 0.403. The zero-order valence-corrected chi connectivity index (χ0v) is 9.76. The van der Waals surface area contributed by atoms with E-state index in [1.54, 1.807) is 0 Å². The van der Waals surface area contributed by atoms with Crippen LogP contribution in [0.15, 0.2) is 0 Å². The molecule has 2 amide bonds. The third-order valence-corrected chi connectivity index (χ3v) is 2.93. The molecule has 96 valence electrons. The molecule has 0 aromatic carbocycles. The first kappa shape index (κ1) is 13.8. The number of carbonyl (C=O) groups is 3. The molecular formula is C8H12NO7P. The zero-order valence-electron chi connectivity index (χ0n) is 8.87. The fraction of sp³-hybridized carbons (Fsp3) is 0.625. The smallest absolute Gasteiger partial charge is 0.330 e. The topological polar surface area (TPSA) is 121 Å². The second-order valence-corrected chi connectivity index (χ2v) is 5.31. The van der Waals surface area contributed by atoms with Crippen molar-refractivity contribution in [3.8, 4) is 0 Å². The SMILES string of the molecule is O=C(CCCP(=O)(O)O)ON1C(=O)CCC1=O. The number of hydrogen-bond donors (Lipinski definition) is 2. The van der Waals surface area contributed by atoms with Gasteiger partial charge in [0, 0.05) is 19.3 Å². The van der Waals surface area contributed by atoms with Crippen LogP contribution >= 0.6 is 7.60 Å². The van der Waals surface area contributed by atoms with Crippen LogP contribution < -0.4 is 0 Å². The van der Waals surface area contributed by atoms with Crippen LogP contribution in [0, 0.1) is 0 Å². The summed E-state index contributed by atoms with van der Waals surface area (Å²) in [7, 11) is -4.14. The molecule has 9 heteroatoms. The Morgan fingerprint density at radius 3 is 2.29 bits per heavy atom. The number of nitrogens with zero attached hydrogens (tertiary/aromatic N) is 1. The first-order chi connectivity index (χ1) is 7.79. The molecule has 1 aliphatic heterocycles. The van der Waals surface area contributed by atoms with Crippen LogP contribution in [0.25, 0.3) is 0 Å². The van der Waals surface area contributed by atoms with Crippen molar-refractivity contribution in [3.05, 3.63) is 0 Å². The van der Waals surface area contributed by atoms with E-state index in [-0.39, 0.29) is 25.7 Å². The van der Waals surface area contributed by atoms with Crippen molar-refractivity contribution in [2.75, 3.05) is 6.16 Å². The van der Waals surface area contributed by atoms with Gasteiger partial charge in [-0.2, -0.15) is 0 Å². The second kappa shape index (κ2) is 5.39. The van der Waals surface area contributed by atoms with Crippen molar-refractivity contribution in [1.82, 2.24) is 5.06 Å². The van der Waals surface area contributed by atoms with Gasteiger partial charge in [0.05, 0.1) is 6.16 Å². The van der Waals surface area contributed by atoms with Crippen molar-refractivity contribution >= 4 is 25.4 Å². The maximum Gasteiger partial charge on any atom is 0.333 e. The van der Waals surface area contributed by atoms with E-state index in [2.05, 4.69) is 4.84 Å². The number of rotatable bonds is 5. The number of carbonyl (C=O) groups excluding carboxylic acids is 3. The molecule has 1 heterocycles. The highest BCUT2D eigenvalue weighted by Gasteiger charge is 2.32. The molecule has 1 fully saturated rings. The van der Waals surface area contributed by atoms with Crippen LogP contribution in [0.2, 0.25) is 0 Å². The van der Waals surface area contributed by atoms with Gasteiger partial charge in [-0.1, -0.05) is 0 Å². The van der Waals surface area contributed by atoms with Crippen molar-refractivity contribution in [1.29, 1.82) is 0 Å². The monoisotopic (exact) mass is 265 g/mol. The van der Waals surface area contributed by atoms with E-state index in [1.165, 1.54) is 0 Å². The van der Waals surface area contributed by atoms with Crippen LogP contribution in [-0.2, 0) is 23.8 Å². The molecule has 0 unspecified atom stereocenters. The highest BCUT2D eigenvalue weighted by molar-refractivity contribution is 7.51. The standard InChI is InChI=1S/C8H12NO7P/c10-6-3-4-7(11)9(6)16-8(12)2-1-5-17(13,14)15/h1-5H2,(H2,13,14,15). The summed E-state index contributed by atoms with van der Waals surface area (Å²) in [5.41, 5.74) is 0. The minimum absolute atomic E-state index is 0.00853. The van der Waals surface area contributed by atoms with Gasteiger partial charge in [-0.25, -0.2) is 4.79 Å². The number of hydrogen-bond acceptors (Lipinski definition) is 5. The van der Waals surface area contributed by atoms with Crippen LogP contribution in [0.5, 0.6) is 0 Å². The van der Waals surface area contributed by atoms with Crippen LogP contribution in [0.4, 0.5) is 0 Å². The maximum atomic E-state index is 11.2. The Morgan fingerprint density at radius 2 is 1.82 bits per heavy atom. The lowest BCUT2D eigenvalue weighted by Crippen LogP contribution is -2.32. The minimum atomic E-state index is -4.14. The predicted octanol–water partition coefficient (Wildman–Crippen LogP) is -0.449. The first-order valence-electron chi connectivity index (χ1n) is 4.91. The summed E-state index contributed by atoms with van der Waals surface area (Å²) in [4.78, 5) is 54.8. The summed E-state index contributed by atoms with van der Waals surface area (Å²) in [6, 6.07) is 0. The molecule has 1 aliphatic rings. The quantitative estimate of drug-likeness (QED) is 0.510. The van der Waals surface area contributed by atoms with Crippen molar-refractivity contribution < 1.29 is 33.6 Å². The molecule has 1 rings (SSSR count). The Morgan fingerprint density at radius 1 is 1.29 bits per heavy atom. The molecular weight excluding hydrogens is 253 g/mol. The maximum absolute atomic E-state index is 11.2. The van der Waals surface area contributed by atoms with Gasteiger partial charge in [-0.05, 0) is 6.42 Å². The Balaban J connectivity index is 2.32. The van der Waals surface area contributed by atoms with Gasteiger partial charge in [-0.3, -0.25) is 14.2 Å². The van der Waals surface area contributed by atoms with Gasteiger partial charge in [0.1, 0.15) is 0 Å². The van der Waals surface area contributed by atoms with E-state index in [0.29, 0.717) is 5.06 Å². The summed E-state index contributed by atoms with van der Waals surface area (Å²) in [6.07, 6.45) is -0.755. The molecule has 0 aromatic rings. The molecule has 0 spiro atoms. The Kier molecular flexibility index (Phi) is 4.39. The molecule has 0 aliphatic carbocycles. The summed E-state index contributed by atoms with van der Waals surface area (Å²) >= 11 is 0. The van der Waals surface area contributed by atoms with E-state index < -0.39 is 31.5 Å². The average Bonchev–Trinajstić information content (AvgIpc) is 2.47. The highest BCUT2D eigenvalue weighted by Crippen LogP contribution is 2.35. The van der Waals surface area contributed by atoms with Gasteiger partial charge in [0.15, 0.2) is 0 Å². The third kappa shape index (κ3) is 4.64. The van der Waals surface area contributed by atoms with Crippen molar-refractivity contribution in [2.24, 2.45) is 0 Å². The molecule has 0 atom stereocenters. The van der Waals surface area contributed by atoms with E-state index in [4.69, 9.17) is 9.79 Å². The molecule has 0 bridgehead atoms. The van der Waals surface area contributed by atoms with Crippen LogP contribution in [0.1, 0.15) is 25.7 Å². The molecule has 0 saturated carbocycles. The predicted molar refractivity (Wildman–Crippen MR) is 53.3 cm³/mol. The average molecular weight is 265 g/mol. The van der Waals surface area contributed by atoms with Gasteiger partial charge in [0.25, 0.3) is 11.8 Å². The summed E-state index contributed by atoms with van der Waals surface area (Å²) < 4.78 is 10.5. The fourth-order valence-electron chi connectivity index (χ4n) is 1.23. The van der Waals surface area contributed by atoms with Gasteiger partial charge in [-0.15, -0.1) is 5.06 Å². The van der Waals surface area contributed by atoms with Crippen LogP contribution in [-0.4, -0.2) is 38.8 Å². The number of imide groups is 1. The lowest BCUT2D eigenvalue weighted by molar-refractivity contribution is -0.197. The van der Waals surface area contributed by atoms with Gasteiger partial charge < -0.3 is 14.6 Å². The van der Waals surface area contributed by atoms with E-state index in [9.17, 15) is 18.9 Å². The highest BCUT2D eigenvalue weighted by atomic mass is 31.2. The molecule has 8 nitrogen and oxygen atoms in total. The fourth-order valence-corrected chi connectivity index (χ4v) is 1.80. The first-order valence-corrected chi connectivity index (χ1v) is 6.70. The second-order valence-electron chi connectivity index (χ2n) is 3.54. The normalized spacial score (nSPS) is 16.5. The molecule has 0 aromatic heterocycles. The molecule has 1 saturated heterocycles. The lowest BCUT2D eigenvalue weighted by Gasteiger charge is -2.12. The molecule has 2 N–H and O–H groups in total.